The van der Waals surface area contributed by atoms with Gasteiger partial charge >= 0.3 is 5.69 Å². The lowest BCUT2D eigenvalue weighted by atomic mass is 10.2. The summed E-state index contributed by atoms with van der Waals surface area (Å²) in [6.07, 6.45) is 5.92. The molecule has 2 rings (SSSR count). The molecule has 0 atom stereocenters. The molecule has 1 aliphatic heterocycles. The topological polar surface area (TPSA) is 75.4 Å². The van der Waals surface area contributed by atoms with Crippen molar-refractivity contribution in [3.05, 3.63) is 16.4 Å². The van der Waals surface area contributed by atoms with Gasteiger partial charge in [-0.3, -0.25) is 10.1 Å². The van der Waals surface area contributed by atoms with Crippen LogP contribution in [-0.4, -0.2) is 41.1 Å². The number of anilines is 2. The largest absolute Gasteiger partial charge is 0.353 e. The molecule has 7 heteroatoms. The van der Waals surface area contributed by atoms with Gasteiger partial charge in [0.25, 0.3) is 0 Å². The zero-order valence-electron chi connectivity index (χ0n) is 12.8. The standard InChI is InChI=1S/C14H23N5O2/c1-3-17(4-2)13-12(19(20)21)14(16-11-15-13)18-9-7-5-6-8-10-18/h11H,3-10H2,1-2H3. The highest BCUT2D eigenvalue weighted by molar-refractivity contribution is 5.71. The predicted molar refractivity (Wildman–Crippen MR) is 82.9 cm³/mol. The van der Waals surface area contributed by atoms with Crippen LogP contribution in [0, 0.1) is 10.1 Å². The lowest BCUT2D eigenvalue weighted by Crippen LogP contribution is -2.29. The molecule has 1 fully saturated rings. The van der Waals surface area contributed by atoms with Crippen molar-refractivity contribution in [2.75, 3.05) is 36.0 Å². The van der Waals surface area contributed by atoms with Gasteiger partial charge in [-0.05, 0) is 26.7 Å². The molecule has 0 aromatic carbocycles. The Hall–Kier alpha value is -1.92. The molecule has 7 nitrogen and oxygen atoms in total. The average molecular weight is 293 g/mol. The fourth-order valence-corrected chi connectivity index (χ4v) is 2.79. The highest BCUT2D eigenvalue weighted by Gasteiger charge is 2.29. The van der Waals surface area contributed by atoms with Gasteiger partial charge in [-0.2, -0.15) is 0 Å². The van der Waals surface area contributed by atoms with E-state index in [1.165, 1.54) is 19.2 Å². The molecule has 0 N–H and O–H groups in total. The molecule has 0 unspecified atom stereocenters. The summed E-state index contributed by atoms with van der Waals surface area (Å²) in [5, 5.41) is 11.6. The van der Waals surface area contributed by atoms with Crippen LogP contribution in [0.1, 0.15) is 39.5 Å². The first kappa shape index (κ1) is 15.5. The van der Waals surface area contributed by atoms with Gasteiger partial charge in [0.15, 0.2) is 0 Å². The second-order valence-corrected chi connectivity index (χ2v) is 5.20. The molecule has 116 valence electrons. The lowest BCUT2D eigenvalue weighted by Gasteiger charge is -2.24. The monoisotopic (exact) mass is 293 g/mol. The molecule has 1 saturated heterocycles. The smallest absolute Gasteiger partial charge is 0.351 e. The Bertz CT molecular complexity index is 482. The van der Waals surface area contributed by atoms with Gasteiger partial charge in [0.1, 0.15) is 6.33 Å². The highest BCUT2D eigenvalue weighted by Crippen LogP contribution is 2.34. The highest BCUT2D eigenvalue weighted by atomic mass is 16.6. The summed E-state index contributed by atoms with van der Waals surface area (Å²) in [7, 11) is 0. The first-order valence-electron chi connectivity index (χ1n) is 7.68. The molecule has 0 radical (unpaired) electrons. The van der Waals surface area contributed by atoms with Crippen molar-refractivity contribution in [1.29, 1.82) is 0 Å². The van der Waals surface area contributed by atoms with Crippen LogP contribution < -0.4 is 9.80 Å². The molecule has 0 amide bonds. The second-order valence-electron chi connectivity index (χ2n) is 5.20. The molecule has 1 aliphatic rings. The van der Waals surface area contributed by atoms with Gasteiger partial charge in [-0.1, -0.05) is 12.8 Å². The van der Waals surface area contributed by atoms with Crippen molar-refractivity contribution >= 4 is 17.3 Å². The van der Waals surface area contributed by atoms with Crippen LogP contribution in [0.5, 0.6) is 0 Å². The van der Waals surface area contributed by atoms with Crippen molar-refractivity contribution in [1.82, 2.24) is 9.97 Å². The minimum atomic E-state index is -0.339. The van der Waals surface area contributed by atoms with Crippen molar-refractivity contribution in [3.63, 3.8) is 0 Å². The Morgan fingerprint density at radius 1 is 1.19 bits per heavy atom. The van der Waals surface area contributed by atoms with E-state index in [1.807, 2.05) is 23.6 Å². The number of nitrogens with zero attached hydrogens (tertiary/aromatic N) is 5. The van der Waals surface area contributed by atoms with Crippen molar-refractivity contribution in [2.45, 2.75) is 39.5 Å². The number of hydrogen-bond acceptors (Lipinski definition) is 6. The van der Waals surface area contributed by atoms with Gasteiger partial charge in [0, 0.05) is 26.2 Å². The number of aromatic nitrogens is 2. The second kappa shape index (κ2) is 7.19. The third-order valence-corrected chi connectivity index (χ3v) is 3.93. The van der Waals surface area contributed by atoms with E-state index in [-0.39, 0.29) is 10.6 Å². The average Bonchev–Trinajstić information content (AvgIpc) is 2.77. The predicted octanol–water partition coefficient (Wildman–Crippen LogP) is 2.61. The Kier molecular flexibility index (Phi) is 5.30. The molecule has 0 spiro atoms. The fourth-order valence-electron chi connectivity index (χ4n) is 2.79. The van der Waals surface area contributed by atoms with Gasteiger partial charge in [0.05, 0.1) is 4.92 Å². The minimum Gasteiger partial charge on any atom is -0.351 e. The summed E-state index contributed by atoms with van der Waals surface area (Å²) in [5.41, 5.74) is 0.0445. The lowest BCUT2D eigenvalue weighted by molar-refractivity contribution is -0.383. The van der Waals surface area contributed by atoms with E-state index in [0.29, 0.717) is 24.7 Å². The Morgan fingerprint density at radius 3 is 2.33 bits per heavy atom. The summed E-state index contributed by atoms with van der Waals surface area (Å²) < 4.78 is 0. The Balaban J connectivity index is 2.44. The third kappa shape index (κ3) is 3.40. The summed E-state index contributed by atoms with van der Waals surface area (Å²) in [6, 6.07) is 0. The summed E-state index contributed by atoms with van der Waals surface area (Å²) in [4.78, 5) is 23.6. The number of nitro groups is 1. The maximum Gasteiger partial charge on any atom is 0.353 e. The first-order chi connectivity index (χ1) is 10.2. The third-order valence-electron chi connectivity index (χ3n) is 3.93. The molecule has 1 aromatic rings. The first-order valence-corrected chi connectivity index (χ1v) is 7.68. The zero-order valence-corrected chi connectivity index (χ0v) is 12.8. The SMILES string of the molecule is CCN(CC)c1ncnc(N2CCCCCC2)c1[N+](=O)[O-]. The van der Waals surface area contributed by atoms with Crippen molar-refractivity contribution in [3.8, 4) is 0 Å². The van der Waals surface area contributed by atoms with Crippen molar-refractivity contribution in [2.24, 2.45) is 0 Å². The van der Waals surface area contributed by atoms with E-state index in [4.69, 9.17) is 0 Å². The van der Waals surface area contributed by atoms with Crippen LogP contribution in [0.4, 0.5) is 17.3 Å². The fraction of sp³-hybridized carbons (Fsp3) is 0.714. The van der Waals surface area contributed by atoms with Crippen LogP contribution in [0.3, 0.4) is 0 Å². The molecule has 21 heavy (non-hydrogen) atoms. The van der Waals surface area contributed by atoms with E-state index >= 15 is 0 Å². The molecule has 0 aliphatic carbocycles. The maximum atomic E-state index is 11.6. The Morgan fingerprint density at radius 2 is 1.81 bits per heavy atom. The molecule has 2 heterocycles. The molecular weight excluding hydrogens is 270 g/mol. The van der Waals surface area contributed by atoms with Crippen LogP contribution >= 0.6 is 0 Å². The zero-order chi connectivity index (χ0) is 15.2. The van der Waals surface area contributed by atoms with Gasteiger partial charge in [-0.15, -0.1) is 0 Å². The van der Waals surface area contributed by atoms with E-state index in [0.717, 1.165) is 25.9 Å². The van der Waals surface area contributed by atoms with E-state index < -0.39 is 0 Å². The summed E-state index contributed by atoms with van der Waals surface area (Å²) in [6.45, 7) is 6.98. The van der Waals surface area contributed by atoms with Crippen LogP contribution in [0.15, 0.2) is 6.33 Å². The quantitative estimate of drug-likeness (QED) is 0.613. The van der Waals surface area contributed by atoms with Crippen LogP contribution in [0.2, 0.25) is 0 Å². The number of rotatable bonds is 5. The van der Waals surface area contributed by atoms with Gasteiger partial charge in [-0.25, -0.2) is 9.97 Å². The Labute approximate surface area is 125 Å². The molecule has 0 bridgehead atoms. The molecule has 0 saturated carbocycles. The van der Waals surface area contributed by atoms with Crippen molar-refractivity contribution < 1.29 is 4.92 Å². The molecular formula is C14H23N5O2. The van der Waals surface area contributed by atoms with Gasteiger partial charge < -0.3 is 9.80 Å². The maximum absolute atomic E-state index is 11.6. The number of hydrogen-bond donors (Lipinski definition) is 0. The van der Waals surface area contributed by atoms with E-state index in [9.17, 15) is 10.1 Å². The molecule has 1 aromatic heterocycles. The normalized spacial score (nSPS) is 15.6. The van der Waals surface area contributed by atoms with E-state index in [1.54, 1.807) is 0 Å². The summed E-state index contributed by atoms with van der Waals surface area (Å²) >= 11 is 0. The summed E-state index contributed by atoms with van der Waals surface area (Å²) in [5.74, 6) is 0.901. The van der Waals surface area contributed by atoms with Crippen LogP contribution in [-0.2, 0) is 0 Å². The van der Waals surface area contributed by atoms with Crippen LogP contribution in [0.25, 0.3) is 0 Å². The van der Waals surface area contributed by atoms with E-state index in [2.05, 4.69) is 9.97 Å². The van der Waals surface area contributed by atoms with Gasteiger partial charge in [0.2, 0.25) is 11.6 Å². The minimum absolute atomic E-state index is 0.0445.